The van der Waals surface area contributed by atoms with Gasteiger partial charge in [0.2, 0.25) is 5.91 Å². The van der Waals surface area contributed by atoms with Crippen LogP contribution in [0.5, 0.6) is 0 Å². The number of nitrogens with zero attached hydrogens (tertiary/aromatic N) is 1. The number of anilines is 1. The smallest absolute Gasteiger partial charge is 0.236 e. The monoisotopic (exact) mass is 252 g/mol. The highest BCUT2D eigenvalue weighted by Crippen LogP contribution is 2.20. The molecule has 0 bridgehead atoms. The van der Waals surface area contributed by atoms with Gasteiger partial charge in [0.25, 0.3) is 0 Å². The van der Waals surface area contributed by atoms with Crippen LogP contribution in [0.2, 0.25) is 0 Å². The van der Waals surface area contributed by atoms with Gasteiger partial charge in [-0.1, -0.05) is 13.3 Å². The van der Waals surface area contributed by atoms with Crippen molar-refractivity contribution in [2.75, 3.05) is 18.0 Å². The summed E-state index contributed by atoms with van der Waals surface area (Å²) < 4.78 is 13.8. The van der Waals surface area contributed by atoms with Gasteiger partial charge < -0.3 is 10.6 Å². The summed E-state index contributed by atoms with van der Waals surface area (Å²) in [6.07, 6.45) is 2.35. The lowest BCUT2D eigenvalue weighted by atomic mass is 10.2. The molecular formula is C13H17FN2O2. The van der Waals surface area contributed by atoms with Crippen molar-refractivity contribution in [2.45, 2.75) is 19.8 Å². The molecule has 4 nitrogen and oxygen atoms in total. The van der Waals surface area contributed by atoms with Gasteiger partial charge in [-0.3, -0.25) is 9.59 Å². The van der Waals surface area contributed by atoms with Crippen LogP contribution in [0.25, 0.3) is 0 Å². The van der Waals surface area contributed by atoms with E-state index < -0.39 is 11.7 Å². The molecule has 0 aliphatic rings. The molecule has 0 atom stereocenters. The van der Waals surface area contributed by atoms with E-state index in [4.69, 9.17) is 5.73 Å². The molecule has 1 aromatic carbocycles. The number of carbonyl (C=O) groups excluding carboxylic acids is 2. The summed E-state index contributed by atoms with van der Waals surface area (Å²) in [5.74, 6) is -1.03. The summed E-state index contributed by atoms with van der Waals surface area (Å²) in [6.45, 7) is 2.53. The molecular weight excluding hydrogens is 235 g/mol. The molecule has 0 saturated carbocycles. The quantitative estimate of drug-likeness (QED) is 0.752. The molecule has 0 radical (unpaired) electrons. The molecule has 98 valence electrons. The van der Waals surface area contributed by atoms with Gasteiger partial charge in [-0.15, -0.1) is 0 Å². The lowest BCUT2D eigenvalue weighted by Crippen LogP contribution is -2.35. The lowest BCUT2D eigenvalue weighted by Gasteiger charge is -2.23. The molecule has 0 fully saturated rings. The Labute approximate surface area is 106 Å². The van der Waals surface area contributed by atoms with E-state index in [-0.39, 0.29) is 12.1 Å². The van der Waals surface area contributed by atoms with Gasteiger partial charge in [0.05, 0.1) is 12.2 Å². The van der Waals surface area contributed by atoms with Gasteiger partial charge >= 0.3 is 0 Å². The maximum Gasteiger partial charge on any atom is 0.236 e. The molecule has 18 heavy (non-hydrogen) atoms. The number of aldehydes is 1. The van der Waals surface area contributed by atoms with Crippen molar-refractivity contribution in [1.29, 1.82) is 0 Å². The van der Waals surface area contributed by atoms with E-state index in [2.05, 4.69) is 0 Å². The van der Waals surface area contributed by atoms with Crippen molar-refractivity contribution in [3.63, 3.8) is 0 Å². The van der Waals surface area contributed by atoms with Gasteiger partial charge in [0, 0.05) is 12.1 Å². The predicted molar refractivity (Wildman–Crippen MR) is 68.1 cm³/mol. The first-order chi connectivity index (χ1) is 8.58. The number of nitrogens with two attached hydrogens (primary N) is 1. The van der Waals surface area contributed by atoms with E-state index in [1.807, 2.05) is 6.92 Å². The number of rotatable bonds is 7. The van der Waals surface area contributed by atoms with Crippen molar-refractivity contribution in [3.8, 4) is 0 Å². The Kier molecular flexibility index (Phi) is 5.30. The zero-order valence-electron chi connectivity index (χ0n) is 10.4. The van der Waals surface area contributed by atoms with Crippen LogP contribution >= 0.6 is 0 Å². The molecule has 2 N–H and O–H groups in total. The lowest BCUT2D eigenvalue weighted by molar-refractivity contribution is -0.116. The maximum absolute atomic E-state index is 13.8. The summed E-state index contributed by atoms with van der Waals surface area (Å²) in [4.78, 5) is 23.1. The van der Waals surface area contributed by atoms with Crippen molar-refractivity contribution < 1.29 is 14.0 Å². The highest BCUT2D eigenvalue weighted by Gasteiger charge is 2.13. The Balaban J connectivity index is 2.96. The average molecular weight is 252 g/mol. The second-order valence-corrected chi connectivity index (χ2v) is 4.07. The van der Waals surface area contributed by atoms with E-state index in [1.54, 1.807) is 4.90 Å². The summed E-state index contributed by atoms with van der Waals surface area (Å²) in [5.41, 5.74) is 5.72. The summed E-state index contributed by atoms with van der Waals surface area (Å²) >= 11 is 0. The van der Waals surface area contributed by atoms with Crippen LogP contribution in [0, 0.1) is 5.82 Å². The zero-order valence-corrected chi connectivity index (χ0v) is 10.4. The molecule has 1 rings (SSSR count). The fourth-order valence-electron chi connectivity index (χ4n) is 1.67. The van der Waals surface area contributed by atoms with Crippen LogP contribution in [-0.2, 0) is 4.79 Å². The van der Waals surface area contributed by atoms with Gasteiger partial charge in [-0.05, 0) is 24.6 Å². The average Bonchev–Trinajstić information content (AvgIpc) is 2.34. The molecule has 0 saturated heterocycles. The molecule has 0 spiro atoms. The van der Waals surface area contributed by atoms with Crippen LogP contribution in [0.15, 0.2) is 18.2 Å². The van der Waals surface area contributed by atoms with Crippen LogP contribution in [0.4, 0.5) is 10.1 Å². The van der Waals surface area contributed by atoms with Crippen molar-refractivity contribution in [1.82, 2.24) is 0 Å². The second kappa shape index (κ2) is 6.74. The van der Waals surface area contributed by atoms with Crippen molar-refractivity contribution >= 4 is 17.9 Å². The Morgan fingerprint density at radius 3 is 2.72 bits per heavy atom. The Morgan fingerprint density at radius 2 is 2.22 bits per heavy atom. The maximum atomic E-state index is 13.8. The number of benzene rings is 1. The third-order valence-corrected chi connectivity index (χ3v) is 2.58. The van der Waals surface area contributed by atoms with Gasteiger partial charge in [0.15, 0.2) is 0 Å². The Morgan fingerprint density at radius 1 is 1.50 bits per heavy atom. The number of unbranched alkanes of at least 4 members (excludes halogenated alkanes) is 1. The molecule has 0 unspecified atom stereocenters. The fraction of sp³-hybridized carbons (Fsp3) is 0.385. The number of primary amides is 1. The second-order valence-electron chi connectivity index (χ2n) is 4.07. The van der Waals surface area contributed by atoms with E-state index in [0.29, 0.717) is 18.5 Å². The predicted octanol–water partition coefficient (Wildman–Crippen LogP) is 1.73. The van der Waals surface area contributed by atoms with Crippen molar-refractivity contribution in [2.24, 2.45) is 5.73 Å². The van der Waals surface area contributed by atoms with Crippen molar-refractivity contribution in [3.05, 3.63) is 29.6 Å². The third kappa shape index (κ3) is 3.84. The van der Waals surface area contributed by atoms with Crippen LogP contribution in [0.3, 0.4) is 0 Å². The first kappa shape index (κ1) is 14.2. The van der Waals surface area contributed by atoms with Gasteiger partial charge in [-0.2, -0.15) is 0 Å². The first-order valence-corrected chi connectivity index (χ1v) is 5.86. The molecule has 1 aromatic rings. The number of amides is 1. The van der Waals surface area contributed by atoms with E-state index in [0.717, 1.165) is 18.9 Å². The minimum atomic E-state index is -0.517. The van der Waals surface area contributed by atoms with E-state index >= 15 is 0 Å². The molecule has 0 heterocycles. The van der Waals surface area contributed by atoms with E-state index in [1.165, 1.54) is 12.1 Å². The van der Waals surface area contributed by atoms with Crippen LogP contribution in [-0.4, -0.2) is 25.3 Å². The molecule has 0 aromatic heterocycles. The number of hydrogen-bond acceptors (Lipinski definition) is 3. The Bertz CT molecular complexity index is 435. The number of halogens is 1. The number of carbonyl (C=O) groups is 2. The Hall–Kier alpha value is -1.91. The summed E-state index contributed by atoms with van der Waals surface area (Å²) in [6, 6.07) is 4.17. The van der Waals surface area contributed by atoms with Gasteiger partial charge in [-0.25, -0.2) is 4.39 Å². The summed E-state index contributed by atoms with van der Waals surface area (Å²) in [7, 11) is 0. The molecule has 1 amide bonds. The summed E-state index contributed by atoms with van der Waals surface area (Å²) in [5, 5.41) is 0. The largest absolute Gasteiger partial charge is 0.368 e. The van der Waals surface area contributed by atoms with Crippen LogP contribution < -0.4 is 10.6 Å². The minimum Gasteiger partial charge on any atom is -0.368 e. The molecule has 0 aliphatic heterocycles. The van der Waals surface area contributed by atoms with E-state index in [9.17, 15) is 14.0 Å². The van der Waals surface area contributed by atoms with Gasteiger partial charge in [0.1, 0.15) is 12.1 Å². The number of hydrogen-bond donors (Lipinski definition) is 1. The minimum absolute atomic E-state index is 0.0304. The van der Waals surface area contributed by atoms with Crippen LogP contribution in [0.1, 0.15) is 30.1 Å². The molecule has 0 aliphatic carbocycles. The standard InChI is InChI=1S/C13H17FN2O2/c1-2-3-6-16(8-13(15)18)12-5-4-10(9-17)7-11(12)14/h4-5,7,9H,2-3,6,8H2,1H3,(H2,15,18). The first-order valence-electron chi connectivity index (χ1n) is 5.86. The molecule has 5 heteroatoms. The highest BCUT2D eigenvalue weighted by atomic mass is 19.1. The zero-order chi connectivity index (χ0) is 13.5. The highest BCUT2D eigenvalue weighted by molar-refractivity contribution is 5.80. The SMILES string of the molecule is CCCCN(CC(N)=O)c1ccc(C=O)cc1F. The third-order valence-electron chi connectivity index (χ3n) is 2.58. The fourth-order valence-corrected chi connectivity index (χ4v) is 1.67. The topological polar surface area (TPSA) is 63.4 Å². The normalized spacial score (nSPS) is 10.1.